The minimum absolute atomic E-state index is 0.0626. The van der Waals surface area contributed by atoms with Crippen LogP contribution < -0.4 is 10.1 Å². The van der Waals surface area contributed by atoms with E-state index < -0.39 is 6.10 Å². The first-order valence-corrected chi connectivity index (χ1v) is 8.14. The first kappa shape index (κ1) is 16.9. The molecule has 128 valence electrons. The second-order valence-corrected chi connectivity index (χ2v) is 5.77. The van der Waals surface area contributed by atoms with Crippen LogP contribution in [-0.2, 0) is 17.9 Å². The van der Waals surface area contributed by atoms with Gasteiger partial charge in [-0.3, -0.25) is 9.78 Å². The summed E-state index contributed by atoms with van der Waals surface area (Å²) in [6.45, 7) is 2.05. The van der Waals surface area contributed by atoms with E-state index in [0.717, 1.165) is 22.0 Å². The first-order valence-electron chi connectivity index (χ1n) is 8.14. The van der Waals surface area contributed by atoms with E-state index in [-0.39, 0.29) is 12.5 Å². The smallest absolute Gasteiger partial charge is 0.261 e. The molecule has 5 nitrogen and oxygen atoms in total. The van der Waals surface area contributed by atoms with Crippen molar-refractivity contribution in [1.82, 2.24) is 10.3 Å². The molecule has 3 rings (SSSR count). The number of rotatable bonds is 6. The number of aliphatic hydroxyl groups is 1. The van der Waals surface area contributed by atoms with Crippen LogP contribution in [0.4, 0.5) is 0 Å². The van der Waals surface area contributed by atoms with Crippen molar-refractivity contribution < 1.29 is 14.6 Å². The van der Waals surface area contributed by atoms with Crippen LogP contribution in [0.15, 0.2) is 60.8 Å². The minimum Gasteiger partial charge on any atom is -0.481 e. The lowest BCUT2D eigenvalue weighted by molar-refractivity contribution is -0.127. The third kappa shape index (κ3) is 4.14. The molecule has 0 saturated carbocycles. The van der Waals surface area contributed by atoms with E-state index in [1.165, 1.54) is 0 Å². The van der Waals surface area contributed by atoms with E-state index in [2.05, 4.69) is 10.3 Å². The Bertz CT molecular complexity index is 874. The Morgan fingerprint density at radius 1 is 1.20 bits per heavy atom. The van der Waals surface area contributed by atoms with Gasteiger partial charge in [-0.25, -0.2) is 0 Å². The lowest BCUT2D eigenvalue weighted by Crippen LogP contribution is -2.35. The van der Waals surface area contributed by atoms with Gasteiger partial charge < -0.3 is 15.2 Å². The lowest BCUT2D eigenvalue weighted by Gasteiger charge is -2.15. The summed E-state index contributed by atoms with van der Waals surface area (Å²) in [5, 5.41) is 13.1. The monoisotopic (exact) mass is 336 g/mol. The molecule has 1 aromatic heterocycles. The molecular weight excluding hydrogens is 316 g/mol. The van der Waals surface area contributed by atoms with Crippen LogP contribution in [0, 0.1) is 0 Å². The molecule has 0 aliphatic carbocycles. The van der Waals surface area contributed by atoms with Gasteiger partial charge in [-0.2, -0.15) is 0 Å². The number of carbonyl (C=O) groups excluding carboxylic acids is 1. The quantitative estimate of drug-likeness (QED) is 0.726. The number of amides is 1. The van der Waals surface area contributed by atoms with Gasteiger partial charge in [0, 0.05) is 18.1 Å². The van der Waals surface area contributed by atoms with Crippen LogP contribution in [0.1, 0.15) is 18.1 Å². The average molecular weight is 336 g/mol. The highest BCUT2D eigenvalue weighted by molar-refractivity contribution is 5.84. The van der Waals surface area contributed by atoms with Gasteiger partial charge in [0.25, 0.3) is 5.91 Å². The Kier molecular flexibility index (Phi) is 5.26. The fourth-order valence-corrected chi connectivity index (χ4v) is 2.61. The molecule has 25 heavy (non-hydrogen) atoms. The first-order chi connectivity index (χ1) is 12.2. The number of carbonyl (C=O) groups is 1. The third-order valence-corrected chi connectivity index (χ3v) is 3.96. The molecule has 0 aliphatic rings. The lowest BCUT2D eigenvalue weighted by atomic mass is 10.1. The second-order valence-electron chi connectivity index (χ2n) is 5.77. The van der Waals surface area contributed by atoms with Gasteiger partial charge in [-0.15, -0.1) is 0 Å². The zero-order valence-electron chi connectivity index (χ0n) is 14.0. The van der Waals surface area contributed by atoms with Crippen molar-refractivity contribution in [2.24, 2.45) is 0 Å². The molecule has 1 atom stereocenters. The number of fused-ring (bicyclic) bond motifs is 1. The summed E-state index contributed by atoms with van der Waals surface area (Å²) in [6.07, 6.45) is 1.10. The topological polar surface area (TPSA) is 71.5 Å². The number of hydrogen-bond donors (Lipinski definition) is 2. The minimum atomic E-state index is -0.637. The van der Waals surface area contributed by atoms with Gasteiger partial charge in [0.2, 0.25) is 0 Å². The Morgan fingerprint density at radius 2 is 2.04 bits per heavy atom. The normalized spacial score (nSPS) is 11.9. The van der Waals surface area contributed by atoms with Crippen LogP contribution in [0.5, 0.6) is 5.75 Å². The molecule has 5 heteroatoms. The predicted octanol–water partition coefficient (Wildman–Crippen LogP) is 2.81. The van der Waals surface area contributed by atoms with Crippen LogP contribution in [0.3, 0.4) is 0 Å². The summed E-state index contributed by atoms with van der Waals surface area (Å²) in [5.41, 5.74) is 2.65. The van der Waals surface area contributed by atoms with Crippen LogP contribution in [-0.4, -0.2) is 22.1 Å². The maximum absolute atomic E-state index is 12.3. The van der Waals surface area contributed by atoms with Crippen molar-refractivity contribution in [3.05, 3.63) is 71.9 Å². The Balaban J connectivity index is 1.63. The van der Waals surface area contributed by atoms with Crippen LogP contribution >= 0.6 is 0 Å². The summed E-state index contributed by atoms with van der Waals surface area (Å²) in [4.78, 5) is 16.6. The van der Waals surface area contributed by atoms with E-state index >= 15 is 0 Å². The average Bonchev–Trinajstić information content (AvgIpc) is 2.66. The molecular formula is C20H20N2O3. The van der Waals surface area contributed by atoms with Gasteiger partial charge in [0.15, 0.2) is 6.10 Å². The zero-order chi connectivity index (χ0) is 17.6. The number of ether oxygens (including phenoxy) is 1. The zero-order valence-corrected chi connectivity index (χ0v) is 14.0. The van der Waals surface area contributed by atoms with Gasteiger partial charge in [-0.05, 0) is 42.3 Å². The van der Waals surface area contributed by atoms with E-state index in [4.69, 9.17) is 9.84 Å². The van der Waals surface area contributed by atoms with E-state index in [1.54, 1.807) is 37.4 Å². The number of aromatic nitrogens is 1. The standard InChI is InChI=1S/C20H20N2O3/c1-14(25-17-6-4-5-15(11-17)13-23)20(24)22-12-16-9-10-21-19-8-3-2-7-18(16)19/h2-11,14,23H,12-13H2,1H3,(H,22,24). The number of para-hydroxylation sites is 1. The SMILES string of the molecule is CC(Oc1cccc(CO)c1)C(=O)NCc1ccnc2ccccc12. The molecule has 1 heterocycles. The summed E-state index contributed by atoms with van der Waals surface area (Å²) in [7, 11) is 0. The molecule has 3 aromatic rings. The maximum atomic E-state index is 12.3. The molecule has 0 aliphatic heterocycles. The van der Waals surface area contributed by atoms with Crippen LogP contribution in [0.25, 0.3) is 10.9 Å². The Morgan fingerprint density at radius 3 is 2.88 bits per heavy atom. The number of benzene rings is 2. The highest BCUT2D eigenvalue weighted by Gasteiger charge is 2.15. The molecule has 0 bridgehead atoms. The summed E-state index contributed by atoms with van der Waals surface area (Å²) in [6, 6.07) is 16.8. The van der Waals surface area contributed by atoms with Crippen molar-refractivity contribution in [2.45, 2.75) is 26.2 Å². The summed E-state index contributed by atoms with van der Waals surface area (Å²) < 4.78 is 5.66. The molecule has 1 unspecified atom stereocenters. The Hall–Kier alpha value is -2.92. The van der Waals surface area contributed by atoms with Crippen LogP contribution in [0.2, 0.25) is 0 Å². The van der Waals surface area contributed by atoms with Crippen molar-refractivity contribution in [3.8, 4) is 5.75 Å². The summed E-state index contributed by atoms with van der Waals surface area (Å²) >= 11 is 0. The number of nitrogens with zero attached hydrogens (tertiary/aromatic N) is 1. The highest BCUT2D eigenvalue weighted by atomic mass is 16.5. The maximum Gasteiger partial charge on any atom is 0.261 e. The molecule has 2 aromatic carbocycles. The van der Waals surface area contributed by atoms with E-state index in [1.807, 2.05) is 30.3 Å². The number of aliphatic hydroxyl groups excluding tert-OH is 1. The van der Waals surface area contributed by atoms with Crippen molar-refractivity contribution in [1.29, 1.82) is 0 Å². The fraction of sp³-hybridized carbons (Fsp3) is 0.200. The molecule has 0 saturated heterocycles. The van der Waals surface area contributed by atoms with Crippen molar-refractivity contribution >= 4 is 16.8 Å². The Labute approximate surface area is 146 Å². The second kappa shape index (κ2) is 7.77. The van der Waals surface area contributed by atoms with Gasteiger partial charge in [-0.1, -0.05) is 30.3 Å². The summed E-state index contributed by atoms with van der Waals surface area (Å²) in [5.74, 6) is 0.360. The number of nitrogens with one attached hydrogen (secondary N) is 1. The molecule has 0 spiro atoms. The van der Waals surface area contributed by atoms with Crippen molar-refractivity contribution in [2.75, 3.05) is 0 Å². The van der Waals surface area contributed by atoms with Crippen molar-refractivity contribution in [3.63, 3.8) is 0 Å². The molecule has 1 amide bonds. The fourth-order valence-electron chi connectivity index (χ4n) is 2.61. The predicted molar refractivity (Wildman–Crippen MR) is 96.0 cm³/mol. The van der Waals surface area contributed by atoms with Gasteiger partial charge in [0.1, 0.15) is 5.75 Å². The van der Waals surface area contributed by atoms with E-state index in [0.29, 0.717) is 12.3 Å². The largest absolute Gasteiger partial charge is 0.481 e. The highest BCUT2D eigenvalue weighted by Crippen LogP contribution is 2.17. The number of hydrogen-bond acceptors (Lipinski definition) is 4. The molecule has 0 fully saturated rings. The number of pyridine rings is 1. The van der Waals surface area contributed by atoms with E-state index in [9.17, 15) is 4.79 Å². The van der Waals surface area contributed by atoms with Gasteiger partial charge in [0.05, 0.1) is 12.1 Å². The molecule has 0 radical (unpaired) electrons. The third-order valence-electron chi connectivity index (χ3n) is 3.96. The molecule has 2 N–H and O–H groups in total. The van der Waals surface area contributed by atoms with Gasteiger partial charge >= 0.3 is 0 Å².